The highest BCUT2D eigenvalue weighted by Crippen LogP contribution is 2.39. The van der Waals surface area contributed by atoms with Gasteiger partial charge in [-0.3, -0.25) is 14.9 Å². The summed E-state index contributed by atoms with van der Waals surface area (Å²) < 4.78 is 11.6. The van der Waals surface area contributed by atoms with Crippen molar-refractivity contribution < 1.29 is 19.2 Å². The molecule has 0 unspecified atom stereocenters. The van der Waals surface area contributed by atoms with Gasteiger partial charge in [0.15, 0.2) is 17.0 Å². The number of aryl methyl sites for hydroxylation is 1. The Balaban J connectivity index is 1.49. The SMILES string of the molecule is CCOc1cc(/C=C2\S[C@H](Nc3ccc(CC)cc3)NC2=O)cc(Cl)c1OCc1cccc([N+](=O)[O-])c1. The van der Waals surface area contributed by atoms with E-state index in [9.17, 15) is 14.9 Å². The number of nitrogens with zero attached hydrogens (tertiary/aromatic N) is 1. The van der Waals surface area contributed by atoms with Gasteiger partial charge in [0, 0.05) is 17.8 Å². The number of nitrogens with one attached hydrogen (secondary N) is 2. The fraction of sp³-hybridized carbons (Fsp3) is 0.222. The average molecular weight is 540 g/mol. The summed E-state index contributed by atoms with van der Waals surface area (Å²) >= 11 is 7.92. The lowest BCUT2D eigenvalue weighted by molar-refractivity contribution is -0.384. The summed E-state index contributed by atoms with van der Waals surface area (Å²) in [6.07, 6.45) is 2.72. The normalized spacial score (nSPS) is 15.9. The second-order valence-electron chi connectivity index (χ2n) is 8.15. The van der Waals surface area contributed by atoms with E-state index >= 15 is 0 Å². The maximum Gasteiger partial charge on any atom is 0.269 e. The van der Waals surface area contributed by atoms with Crippen LogP contribution in [0.3, 0.4) is 0 Å². The zero-order valence-electron chi connectivity index (χ0n) is 20.3. The Morgan fingerprint density at radius 3 is 2.59 bits per heavy atom. The number of nitro groups is 1. The van der Waals surface area contributed by atoms with Crippen LogP contribution in [0, 0.1) is 10.1 Å². The van der Waals surface area contributed by atoms with Crippen LogP contribution in [0.1, 0.15) is 30.5 Å². The number of anilines is 1. The molecule has 0 saturated carbocycles. The highest BCUT2D eigenvalue weighted by atomic mass is 35.5. The van der Waals surface area contributed by atoms with Crippen molar-refractivity contribution in [3.63, 3.8) is 0 Å². The van der Waals surface area contributed by atoms with Gasteiger partial charge in [-0.05, 0) is 60.4 Å². The van der Waals surface area contributed by atoms with Crippen molar-refractivity contribution in [3.8, 4) is 11.5 Å². The first kappa shape index (κ1) is 26.4. The average Bonchev–Trinajstić information content (AvgIpc) is 3.22. The molecule has 1 aliphatic heterocycles. The fourth-order valence-electron chi connectivity index (χ4n) is 3.69. The highest BCUT2D eigenvalue weighted by Gasteiger charge is 2.27. The molecule has 192 valence electrons. The van der Waals surface area contributed by atoms with Gasteiger partial charge in [0.1, 0.15) is 6.61 Å². The van der Waals surface area contributed by atoms with Gasteiger partial charge in [-0.2, -0.15) is 0 Å². The summed E-state index contributed by atoms with van der Waals surface area (Å²) in [6, 6.07) is 17.8. The molecule has 0 aromatic heterocycles. The molecule has 0 aliphatic carbocycles. The number of amides is 1. The lowest BCUT2D eigenvalue weighted by Crippen LogP contribution is -2.30. The third-order valence-electron chi connectivity index (χ3n) is 5.52. The molecule has 3 aromatic rings. The monoisotopic (exact) mass is 539 g/mol. The van der Waals surface area contributed by atoms with Crippen molar-refractivity contribution in [2.24, 2.45) is 0 Å². The van der Waals surface area contributed by atoms with Crippen LogP contribution >= 0.6 is 23.4 Å². The predicted octanol–water partition coefficient (Wildman–Crippen LogP) is 6.39. The van der Waals surface area contributed by atoms with Gasteiger partial charge in [-0.1, -0.05) is 54.6 Å². The molecule has 2 N–H and O–H groups in total. The fourth-order valence-corrected chi connectivity index (χ4v) is 4.95. The summed E-state index contributed by atoms with van der Waals surface area (Å²) in [5.41, 5.74) is 3.15. The van der Waals surface area contributed by atoms with Crippen molar-refractivity contribution in [2.75, 3.05) is 11.9 Å². The quantitative estimate of drug-likeness (QED) is 0.175. The molecular weight excluding hydrogens is 514 g/mol. The smallest absolute Gasteiger partial charge is 0.269 e. The molecule has 1 saturated heterocycles. The number of carbonyl (C=O) groups excluding carboxylic acids is 1. The van der Waals surface area contributed by atoms with E-state index in [0.29, 0.717) is 39.2 Å². The molecule has 1 fully saturated rings. The standard InChI is InChI=1S/C27H26ClN3O5S/c1-3-17-8-10-20(11-9-17)29-27-30-26(32)24(37-27)15-19-13-22(28)25(23(14-19)35-4-2)36-16-18-6-5-7-21(12-18)31(33)34/h5-15,27,29H,3-4,16H2,1-2H3,(H,30,32)/b24-15-/t27-/m1/s1. The first-order valence-electron chi connectivity index (χ1n) is 11.7. The number of ether oxygens (including phenoxy) is 2. The van der Waals surface area contributed by atoms with E-state index in [1.165, 1.54) is 29.5 Å². The Hall–Kier alpha value is -3.69. The molecular formula is C27H26ClN3O5S. The number of hydrogen-bond donors (Lipinski definition) is 2. The van der Waals surface area contributed by atoms with Crippen molar-refractivity contribution in [1.82, 2.24) is 5.32 Å². The number of nitro benzene ring substituents is 1. The van der Waals surface area contributed by atoms with Crippen molar-refractivity contribution >= 4 is 46.7 Å². The Bertz CT molecular complexity index is 1330. The topological polar surface area (TPSA) is 103 Å². The Labute approximate surface area is 224 Å². The molecule has 0 radical (unpaired) electrons. The first-order valence-corrected chi connectivity index (χ1v) is 13.0. The van der Waals surface area contributed by atoms with Gasteiger partial charge in [0.25, 0.3) is 11.6 Å². The Kier molecular flexibility index (Phi) is 8.58. The van der Waals surface area contributed by atoms with E-state index in [4.69, 9.17) is 21.1 Å². The number of hydrogen-bond acceptors (Lipinski definition) is 7. The molecule has 1 heterocycles. The second kappa shape index (κ2) is 12.0. The van der Waals surface area contributed by atoms with Crippen molar-refractivity contribution in [1.29, 1.82) is 0 Å². The Morgan fingerprint density at radius 2 is 1.89 bits per heavy atom. The molecule has 4 rings (SSSR count). The molecule has 1 aliphatic rings. The van der Waals surface area contributed by atoms with Crippen LogP contribution in [0.2, 0.25) is 5.02 Å². The maximum atomic E-state index is 12.6. The van der Waals surface area contributed by atoms with Gasteiger partial charge in [0.2, 0.25) is 0 Å². The van der Waals surface area contributed by atoms with Crippen LogP contribution in [0.15, 0.2) is 65.6 Å². The number of benzene rings is 3. The summed E-state index contributed by atoms with van der Waals surface area (Å²) in [6.45, 7) is 4.40. The molecule has 1 amide bonds. The van der Waals surface area contributed by atoms with Crippen LogP contribution in [-0.4, -0.2) is 22.9 Å². The van der Waals surface area contributed by atoms with E-state index in [1.54, 1.807) is 30.3 Å². The van der Waals surface area contributed by atoms with Gasteiger partial charge in [-0.15, -0.1) is 0 Å². The second-order valence-corrected chi connectivity index (χ2v) is 9.71. The van der Waals surface area contributed by atoms with Crippen LogP contribution in [0.4, 0.5) is 11.4 Å². The molecule has 3 aromatic carbocycles. The lowest BCUT2D eigenvalue weighted by atomic mass is 10.1. The van der Waals surface area contributed by atoms with Crippen LogP contribution in [0.25, 0.3) is 6.08 Å². The summed E-state index contributed by atoms with van der Waals surface area (Å²) in [4.78, 5) is 23.7. The predicted molar refractivity (Wildman–Crippen MR) is 147 cm³/mol. The van der Waals surface area contributed by atoms with E-state index < -0.39 is 4.92 Å². The van der Waals surface area contributed by atoms with Crippen molar-refractivity contribution in [3.05, 3.63) is 97.4 Å². The lowest BCUT2D eigenvalue weighted by Gasteiger charge is -2.15. The van der Waals surface area contributed by atoms with Gasteiger partial charge < -0.3 is 20.1 Å². The zero-order valence-corrected chi connectivity index (χ0v) is 21.9. The molecule has 0 spiro atoms. The number of carbonyl (C=O) groups is 1. The van der Waals surface area contributed by atoms with E-state index in [2.05, 4.69) is 29.7 Å². The van der Waals surface area contributed by atoms with Crippen LogP contribution in [0.5, 0.6) is 11.5 Å². The zero-order chi connectivity index (χ0) is 26.4. The number of halogens is 1. The number of thioether (sulfide) groups is 1. The molecule has 37 heavy (non-hydrogen) atoms. The van der Waals surface area contributed by atoms with E-state index in [-0.39, 0.29) is 23.7 Å². The highest BCUT2D eigenvalue weighted by molar-refractivity contribution is 8.05. The van der Waals surface area contributed by atoms with Crippen LogP contribution in [-0.2, 0) is 17.8 Å². The Morgan fingerprint density at radius 1 is 1.11 bits per heavy atom. The van der Waals surface area contributed by atoms with E-state index in [1.807, 2.05) is 19.1 Å². The molecule has 0 bridgehead atoms. The number of rotatable bonds is 10. The van der Waals surface area contributed by atoms with Gasteiger partial charge >= 0.3 is 0 Å². The third-order valence-corrected chi connectivity index (χ3v) is 6.83. The minimum absolute atomic E-state index is 0.0164. The molecule has 10 heteroatoms. The molecule has 1 atom stereocenters. The summed E-state index contributed by atoms with van der Waals surface area (Å²) in [5, 5.41) is 17.6. The summed E-state index contributed by atoms with van der Waals surface area (Å²) in [7, 11) is 0. The first-order chi connectivity index (χ1) is 17.9. The molecule has 8 nitrogen and oxygen atoms in total. The third kappa shape index (κ3) is 6.75. The minimum atomic E-state index is -0.455. The maximum absolute atomic E-state index is 12.6. The van der Waals surface area contributed by atoms with Gasteiger partial charge in [-0.25, -0.2) is 0 Å². The van der Waals surface area contributed by atoms with E-state index in [0.717, 1.165) is 12.1 Å². The number of non-ortho nitro benzene ring substituents is 1. The largest absolute Gasteiger partial charge is 0.490 e. The summed E-state index contributed by atoms with van der Waals surface area (Å²) in [5.74, 6) is 0.560. The van der Waals surface area contributed by atoms with Crippen LogP contribution < -0.4 is 20.1 Å². The minimum Gasteiger partial charge on any atom is -0.490 e. The van der Waals surface area contributed by atoms with Crippen molar-refractivity contribution in [2.45, 2.75) is 32.4 Å². The van der Waals surface area contributed by atoms with Gasteiger partial charge in [0.05, 0.1) is 21.5 Å².